The summed E-state index contributed by atoms with van der Waals surface area (Å²) in [5, 5.41) is 0. The van der Waals surface area contributed by atoms with Gasteiger partial charge in [0.25, 0.3) is 0 Å². The van der Waals surface area contributed by atoms with E-state index in [1.807, 2.05) is 12.1 Å². The molecule has 0 aliphatic heterocycles. The van der Waals surface area contributed by atoms with Gasteiger partial charge in [0.2, 0.25) is 11.1 Å². The van der Waals surface area contributed by atoms with Crippen molar-refractivity contribution in [3.63, 3.8) is 0 Å². The van der Waals surface area contributed by atoms with Crippen LogP contribution in [0.15, 0.2) is 35.7 Å². The van der Waals surface area contributed by atoms with E-state index >= 15 is 0 Å². The lowest BCUT2D eigenvalue weighted by atomic mass is 9.70. The first kappa shape index (κ1) is 15.9. The molecule has 0 aromatic heterocycles. The predicted molar refractivity (Wildman–Crippen MR) is 88.1 cm³/mol. The second-order valence-corrected chi connectivity index (χ2v) is 8.35. The van der Waals surface area contributed by atoms with Crippen LogP contribution in [0.3, 0.4) is 0 Å². The molecule has 2 aliphatic carbocycles. The predicted octanol–water partition coefficient (Wildman–Crippen LogP) is 4.52. The lowest BCUT2D eigenvalue weighted by Crippen LogP contribution is -2.37. The number of rotatable bonds is 5. The molecule has 2 fully saturated rings. The fraction of sp³-hybridized carbons (Fsp3) is 0.556. The number of benzene rings is 1. The molecule has 0 amide bonds. The van der Waals surface area contributed by atoms with Gasteiger partial charge in [-0.15, -0.1) is 4.33 Å². The molecule has 2 aliphatic rings. The molecule has 3 nitrogen and oxygen atoms in total. The Labute approximate surface area is 135 Å². The standard InChI is InChI=1S/C18H24O3S/c1-5-13-6-8-15(9-7-13)22(19)21-20-16-12-14-10-11-18(16,4)17(14,2)3/h5-9,14,16H,1,10-12H2,2-4H3. The molecule has 0 radical (unpaired) electrons. The van der Waals surface area contributed by atoms with Gasteiger partial charge in [0.05, 0.1) is 4.90 Å². The molecule has 2 saturated carbocycles. The van der Waals surface area contributed by atoms with Crippen LogP contribution in [0.25, 0.3) is 6.08 Å². The summed E-state index contributed by atoms with van der Waals surface area (Å²) >= 11 is -1.59. The summed E-state index contributed by atoms with van der Waals surface area (Å²) in [4.78, 5) is 6.24. The number of fused-ring (bicyclic) bond motifs is 2. The summed E-state index contributed by atoms with van der Waals surface area (Å²) in [5.74, 6) is 0.673. The topological polar surface area (TPSA) is 35.5 Å². The van der Waals surface area contributed by atoms with E-state index in [4.69, 9.17) is 9.22 Å². The van der Waals surface area contributed by atoms with Crippen LogP contribution in [-0.2, 0) is 20.3 Å². The molecule has 1 aromatic carbocycles. The normalized spacial score (nSPS) is 33.8. The second-order valence-electron chi connectivity index (χ2n) is 7.27. The molecule has 4 atom stereocenters. The van der Waals surface area contributed by atoms with Crippen LogP contribution in [0, 0.1) is 16.7 Å². The Morgan fingerprint density at radius 1 is 1.27 bits per heavy atom. The summed E-state index contributed by atoms with van der Waals surface area (Å²) in [6, 6.07) is 7.29. The Kier molecular flexibility index (Phi) is 4.04. The van der Waals surface area contributed by atoms with Crippen molar-refractivity contribution in [3.05, 3.63) is 36.4 Å². The highest BCUT2D eigenvalue weighted by Crippen LogP contribution is 2.66. The van der Waals surface area contributed by atoms with Crippen molar-refractivity contribution in [1.29, 1.82) is 0 Å². The van der Waals surface area contributed by atoms with E-state index in [0.29, 0.717) is 10.8 Å². The van der Waals surface area contributed by atoms with Gasteiger partial charge in [-0.25, -0.2) is 9.10 Å². The van der Waals surface area contributed by atoms with Gasteiger partial charge in [-0.2, -0.15) is 0 Å². The third-order valence-electron chi connectivity index (χ3n) is 6.24. The third kappa shape index (κ3) is 2.38. The van der Waals surface area contributed by atoms with E-state index in [-0.39, 0.29) is 16.9 Å². The fourth-order valence-corrected chi connectivity index (χ4v) is 4.72. The average molecular weight is 320 g/mol. The molecule has 0 heterocycles. The second kappa shape index (κ2) is 5.59. The minimum atomic E-state index is -1.59. The molecule has 4 heteroatoms. The lowest BCUT2D eigenvalue weighted by molar-refractivity contribution is -0.266. The fourth-order valence-electron chi connectivity index (χ4n) is 4.11. The quantitative estimate of drug-likeness (QED) is 0.591. The van der Waals surface area contributed by atoms with Crippen molar-refractivity contribution >= 4 is 17.2 Å². The highest BCUT2D eigenvalue weighted by atomic mass is 32.2. The van der Waals surface area contributed by atoms with Crippen LogP contribution in [0.2, 0.25) is 0 Å². The van der Waals surface area contributed by atoms with Crippen LogP contribution < -0.4 is 0 Å². The van der Waals surface area contributed by atoms with Crippen molar-refractivity contribution in [1.82, 2.24) is 0 Å². The van der Waals surface area contributed by atoms with Crippen molar-refractivity contribution < 1.29 is 13.4 Å². The highest BCUT2D eigenvalue weighted by Gasteiger charge is 2.62. The molecule has 4 unspecified atom stereocenters. The molecular weight excluding hydrogens is 296 g/mol. The van der Waals surface area contributed by atoms with Gasteiger partial charge in [-0.05, 0) is 48.3 Å². The molecule has 0 saturated heterocycles. The molecule has 0 spiro atoms. The minimum Gasteiger partial charge on any atom is -0.221 e. The van der Waals surface area contributed by atoms with E-state index < -0.39 is 11.1 Å². The Morgan fingerprint density at radius 3 is 2.45 bits per heavy atom. The molecule has 1 aromatic rings. The summed E-state index contributed by atoms with van der Waals surface area (Å²) in [7, 11) is 0. The van der Waals surface area contributed by atoms with Crippen LogP contribution in [0.5, 0.6) is 0 Å². The Bertz CT molecular complexity index is 593. The first-order valence-corrected chi connectivity index (χ1v) is 8.94. The lowest BCUT2D eigenvalue weighted by Gasteiger charge is -2.37. The maximum atomic E-state index is 12.2. The van der Waals surface area contributed by atoms with E-state index in [1.54, 1.807) is 18.2 Å². The molecule has 2 bridgehead atoms. The van der Waals surface area contributed by atoms with Crippen LogP contribution in [-0.4, -0.2) is 10.3 Å². The average Bonchev–Trinajstić information content (AvgIpc) is 2.85. The third-order valence-corrected chi connectivity index (χ3v) is 7.10. The maximum absolute atomic E-state index is 12.2. The van der Waals surface area contributed by atoms with Gasteiger partial charge >= 0.3 is 0 Å². The maximum Gasteiger partial charge on any atom is 0.220 e. The Morgan fingerprint density at radius 2 is 1.95 bits per heavy atom. The van der Waals surface area contributed by atoms with Crippen molar-refractivity contribution in [2.24, 2.45) is 16.7 Å². The van der Waals surface area contributed by atoms with Gasteiger partial charge in [0, 0.05) is 5.41 Å². The first-order chi connectivity index (χ1) is 10.4. The minimum absolute atomic E-state index is 0.0256. The van der Waals surface area contributed by atoms with Crippen LogP contribution in [0.4, 0.5) is 0 Å². The van der Waals surface area contributed by atoms with E-state index in [1.165, 1.54) is 6.42 Å². The van der Waals surface area contributed by atoms with Crippen molar-refractivity contribution in [2.75, 3.05) is 0 Å². The highest BCUT2D eigenvalue weighted by molar-refractivity contribution is 7.80. The number of hydrogen-bond acceptors (Lipinski definition) is 3. The zero-order valence-corrected chi connectivity index (χ0v) is 14.3. The first-order valence-electron chi connectivity index (χ1n) is 7.86. The summed E-state index contributed by atoms with van der Waals surface area (Å²) in [6.07, 6.45) is 5.19. The zero-order valence-electron chi connectivity index (χ0n) is 13.5. The summed E-state index contributed by atoms with van der Waals surface area (Å²) < 4.78 is 17.5. The van der Waals surface area contributed by atoms with Gasteiger partial charge in [-0.1, -0.05) is 45.6 Å². The Balaban J connectivity index is 1.63. The van der Waals surface area contributed by atoms with Gasteiger partial charge in [-0.3, -0.25) is 0 Å². The van der Waals surface area contributed by atoms with Crippen LogP contribution >= 0.6 is 0 Å². The van der Waals surface area contributed by atoms with Crippen LogP contribution in [0.1, 0.15) is 45.6 Å². The monoisotopic (exact) mass is 320 g/mol. The van der Waals surface area contributed by atoms with E-state index in [2.05, 4.69) is 27.4 Å². The van der Waals surface area contributed by atoms with E-state index in [9.17, 15) is 4.21 Å². The number of hydrogen-bond donors (Lipinski definition) is 0. The molecular formula is C18H24O3S. The largest absolute Gasteiger partial charge is 0.221 e. The van der Waals surface area contributed by atoms with Gasteiger partial charge in [0.15, 0.2) is 0 Å². The SMILES string of the molecule is C=Cc1ccc(S(=O)OOC2CC3CCC2(C)C3(C)C)cc1. The van der Waals surface area contributed by atoms with Gasteiger partial charge < -0.3 is 0 Å². The van der Waals surface area contributed by atoms with Crippen molar-refractivity contribution in [3.8, 4) is 0 Å². The molecule has 120 valence electrons. The van der Waals surface area contributed by atoms with Gasteiger partial charge in [0.1, 0.15) is 6.10 Å². The molecule has 3 rings (SSSR count). The smallest absolute Gasteiger partial charge is 0.220 e. The summed E-state index contributed by atoms with van der Waals surface area (Å²) in [6.45, 7) is 10.6. The molecule has 0 N–H and O–H groups in total. The van der Waals surface area contributed by atoms with E-state index in [0.717, 1.165) is 18.4 Å². The summed E-state index contributed by atoms with van der Waals surface area (Å²) in [5.41, 5.74) is 1.35. The molecule has 22 heavy (non-hydrogen) atoms. The zero-order chi connectivity index (χ0) is 16.0. The Hall–Kier alpha value is -0.970. The van der Waals surface area contributed by atoms with Crippen molar-refractivity contribution in [2.45, 2.75) is 51.0 Å².